The molecular formula is C11H12N2O2. The van der Waals surface area contributed by atoms with Gasteiger partial charge in [-0.3, -0.25) is 4.98 Å². The van der Waals surface area contributed by atoms with E-state index in [1.54, 1.807) is 25.3 Å². The molecule has 0 saturated heterocycles. The summed E-state index contributed by atoms with van der Waals surface area (Å²) in [6.45, 7) is 5.33. The number of pyridine rings is 1. The molecule has 0 aliphatic rings. The van der Waals surface area contributed by atoms with Crippen LogP contribution in [0.25, 0.3) is 0 Å². The van der Waals surface area contributed by atoms with E-state index in [0.29, 0.717) is 11.4 Å². The molecule has 0 unspecified atom stereocenters. The van der Waals surface area contributed by atoms with Crippen molar-refractivity contribution in [3.05, 3.63) is 54.7 Å². The molecule has 0 bridgehead atoms. The minimum Gasteiger partial charge on any atom is -0.320 e. The van der Waals surface area contributed by atoms with Crippen LogP contribution in [0.3, 0.4) is 0 Å². The first-order chi connectivity index (χ1) is 7.31. The smallest absolute Gasteiger partial charge is 0.252 e. The number of hydrogen-bond donors (Lipinski definition) is 1. The lowest BCUT2D eigenvalue weighted by atomic mass is 10.2. The number of allylic oxidation sites excluding steroid dienone is 2. The molecule has 0 aliphatic heterocycles. The molecular weight excluding hydrogens is 192 g/mol. The summed E-state index contributed by atoms with van der Waals surface area (Å²) >= 11 is 0. The normalized spacial score (nSPS) is 12.4. The fourth-order valence-corrected chi connectivity index (χ4v) is 0.978. The average molecular weight is 204 g/mol. The third-order valence-corrected chi connectivity index (χ3v) is 1.69. The van der Waals surface area contributed by atoms with Crippen LogP contribution in [0.2, 0.25) is 0 Å². The van der Waals surface area contributed by atoms with Crippen LogP contribution < -0.4 is 0 Å². The lowest BCUT2D eigenvalue weighted by Crippen LogP contribution is -2.00. The molecule has 0 atom stereocenters. The van der Waals surface area contributed by atoms with Gasteiger partial charge in [0.25, 0.3) is 5.88 Å². The van der Waals surface area contributed by atoms with Gasteiger partial charge < -0.3 is 4.89 Å². The first kappa shape index (κ1) is 11.1. The molecule has 1 heterocycles. The zero-order valence-corrected chi connectivity index (χ0v) is 8.42. The molecule has 0 spiro atoms. The van der Waals surface area contributed by atoms with Crippen molar-refractivity contribution in [1.82, 2.24) is 4.98 Å². The maximum atomic E-state index is 8.49. The van der Waals surface area contributed by atoms with Gasteiger partial charge in [0.2, 0.25) is 0 Å². The van der Waals surface area contributed by atoms with Crippen molar-refractivity contribution in [1.29, 1.82) is 0 Å². The number of hydrogen-bond acceptors (Lipinski definition) is 4. The minimum absolute atomic E-state index is 0.107. The third-order valence-electron chi connectivity index (χ3n) is 1.69. The highest BCUT2D eigenvalue weighted by Crippen LogP contribution is 2.04. The Bertz CT molecular complexity index is 383. The fourth-order valence-electron chi connectivity index (χ4n) is 0.978. The number of aliphatic imine (C=N–C) groups is 1. The summed E-state index contributed by atoms with van der Waals surface area (Å²) in [6, 6.07) is 5.45. The topological polar surface area (TPSA) is 54.7 Å². The van der Waals surface area contributed by atoms with Gasteiger partial charge in [-0.05, 0) is 31.2 Å². The highest BCUT2D eigenvalue weighted by Gasteiger charge is 2.01. The molecule has 1 rings (SSSR count). The van der Waals surface area contributed by atoms with Gasteiger partial charge in [-0.2, -0.15) is 0 Å². The summed E-state index contributed by atoms with van der Waals surface area (Å²) in [5, 5.41) is 8.49. The fraction of sp³-hybridized carbons (Fsp3) is 0.0909. The molecule has 78 valence electrons. The first-order valence-corrected chi connectivity index (χ1v) is 4.42. The van der Waals surface area contributed by atoms with Gasteiger partial charge in [-0.15, -0.1) is 0 Å². The van der Waals surface area contributed by atoms with Crippen LogP contribution in [0, 0.1) is 0 Å². The Morgan fingerprint density at radius 1 is 1.60 bits per heavy atom. The molecule has 0 radical (unpaired) electrons. The summed E-state index contributed by atoms with van der Waals surface area (Å²) < 4.78 is 0. The van der Waals surface area contributed by atoms with E-state index in [2.05, 4.69) is 21.4 Å². The highest BCUT2D eigenvalue weighted by molar-refractivity contribution is 6.07. The zero-order valence-electron chi connectivity index (χ0n) is 8.42. The van der Waals surface area contributed by atoms with Crippen LogP contribution in [-0.2, 0) is 4.89 Å². The SMILES string of the molecule is C=C/C(=N\C(=C/C)OO)c1ccccn1. The quantitative estimate of drug-likeness (QED) is 0.354. The van der Waals surface area contributed by atoms with Crippen LogP contribution >= 0.6 is 0 Å². The van der Waals surface area contributed by atoms with Gasteiger partial charge in [0.05, 0.1) is 11.4 Å². The van der Waals surface area contributed by atoms with Crippen molar-refractivity contribution in [2.75, 3.05) is 0 Å². The predicted molar refractivity (Wildman–Crippen MR) is 58.4 cm³/mol. The maximum Gasteiger partial charge on any atom is 0.252 e. The molecule has 1 aromatic heterocycles. The Hall–Kier alpha value is -1.94. The largest absolute Gasteiger partial charge is 0.320 e. The second kappa shape index (κ2) is 5.72. The van der Waals surface area contributed by atoms with Crippen molar-refractivity contribution in [3.8, 4) is 0 Å². The van der Waals surface area contributed by atoms with Gasteiger partial charge in [0.15, 0.2) is 0 Å². The number of nitrogens with zero attached hydrogens (tertiary/aromatic N) is 2. The first-order valence-electron chi connectivity index (χ1n) is 4.42. The van der Waals surface area contributed by atoms with Gasteiger partial charge >= 0.3 is 0 Å². The van der Waals surface area contributed by atoms with E-state index >= 15 is 0 Å². The maximum absolute atomic E-state index is 8.49. The zero-order chi connectivity index (χ0) is 11.1. The van der Waals surface area contributed by atoms with Crippen molar-refractivity contribution in [3.63, 3.8) is 0 Å². The standard InChI is InChI=1S/C11H12N2O2/c1-3-9(13-11(4-2)15-14)10-7-5-6-8-12-10/h3-8,14H,1H2,2H3/b11-4+,13-9+. The van der Waals surface area contributed by atoms with E-state index in [-0.39, 0.29) is 5.88 Å². The van der Waals surface area contributed by atoms with E-state index in [4.69, 9.17) is 5.26 Å². The van der Waals surface area contributed by atoms with E-state index in [1.165, 1.54) is 6.08 Å². The Morgan fingerprint density at radius 2 is 2.40 bits per heavy atom. The molecule has 15 heavy (non-hydrogen) atoms. The van der Waals surface area contributed by atoms with Crippen LogP contribution in [0.1, 0.15) is 12.6 Å². The van der Waals surface area contributed by atoms with Crippen LogP contribution in [0.15, 0.2) is 54.0 Å². The van der Waals surface area contributed by atoms with E-state index < -0.39 is 0 Å². The Labute approximate surface area is 88.2 Å². The second-order valence-electron chi connectivity index (χ2n) is 2.63. The highest BCUT2D eigenvalue weighted by atomic mass is 17.1. The summed E-state index contributed by atoms with van der Waals surface area (Å²) in [7, 11) is 0. The monoisotopic (exact) mass is 204 g/mol. The van der Waals surface area contributed by atoms with Crippen molar-refractivity contribution in [2.45, 2.75) is 6.92 Å². The van der Waals surface area contributed by atoms with Crippen LogP contribution in [0.4, 0.5) is 0 Å². The third kappa shape index (κ3) is 3.03. The van der Waals surface area contributed by atoms with Crippen molar-refractivity contribution in [2.24, 2.45) is 4.99 Å². The van der Waals surface area contributed by atoms with E-state index in [0.717, 1.165) is 0 Å². The predicted octanol–water partition coefficient (Wildman–Crippen LogP) is 2.41. The van der Waals surface area contributed by atoms with Gasteiger partial charge in [-0.1, -0.05) is 12.6 Å². The molecule has 4 heteroatoms. The van der Waals surface area contributed by atoms with Crippen LogP contribution in [-0.4, -0.2) is 16.0 Å². The molecule has 4 nitrogen and oxygen atoms in total. The summed E-state index contributed by atoms with van der Waals surface area (Å²) in [5.41, 5.74) is 1.21. The summed E-state index contributed by atoms with van der Waals surface area (Å²) in [5.74, 6) is 0.107. The lowest BCUT2D eigenvalue weighted by Gasteiger charge is -2.00. The molecule has 0 aliphatic carbocycles. The average Bonchev–Trinajstić information content (AvgIpc) is 2.32. The number of aromatic nitrogens is 1. The Morgan fingerprint density at radius 3 is 2.87 bits per heavy atom. The van der Waals surface area contributed by atoms with Crippen LogP contribution in [0.5, 0.6) is 0 Å². The summed E-state index contributed by atoms with van der Waals surface area (Å²) in [6.07, 6.45) is 4.74. The number of rotatable bonds is 4. The van der Waals surface area contributed by atoms with E-state index in [9.17, 15) is 0 Å². The Balaban J connectivity index is 3.04. The molecule has 0 amide bonds. The molecule has 0 aromatic carbocycles. The lowest BCUT2D eigenvalue weighted by molar-refractivity contribution is -0.203. The summed E-state index contributed by atoms with van der Waals surface area (Å²) in [4.78, 5) is 12.2. The second-order valence-corrected chi connectivity index (χ2v) is 2.63. The van der Waals surface area contributed by atoms with Gasteiger partial charge in [-0.25, -0.2) is 10.2 Å². The van der Waals surface area contributed by atoms with Crippen molar-refractivity contribution >= 4 is 5.71 Å². The Kier molecular flexibility index (Phi) is 4.25. The molecule has 0 fully saturated rings. The molecule has 1 N–H and O–H groups in total. The van der Waals surface area contributed by atoms with Gasteiger partial charge in [0.1, 0.15) is 0 Å². The van der Waals surface area contributed by atoms with E-state index in [1.807, 2.05) is 12.1 Å². The molecule has 0 saturated carbocycles. The van der Waals surface area contributed by atoms with Gasteiger partial charge in [0, 0.05) is 6.20 Å². The minimum atomic E-state index is 0.107. The van der Waals surface area contributed by atoms with Crippen molar-refractivity contribution < 1.29 is 10.1 Å². The molecule has 1 aromatic rings.